The van der Waals surface area contributed by atoms with Gasteiger partial charge in [-0.25, -0.2) is 9.37 Å². The average Bonchev–Trinajstić information content (AvgIpc) is 3.40. The van der Waals surface area contributed by atoms with Crippen molar-refractivity contribution in [1.82, 2.24) is 9.55 Å². The minimum Gasteiger partial charge on any atom is -0.490 e. The summed E-state index contributed by atoms with van der Waals surface area (Å²) in [5.74, 6) is 1.04. The summed E-state index contributed by atoms with van der Waals surface area (Å²) in [6, 6.07) is 19.7. The van der Waals surface area contributed by atoms with E-state index in [0.29, 0.717) is 25.2 Å². The minimum atomic E-state index is -0.768. The first kappa shape index (κ1) is 23.1. The largest absolute Gasteiger partial charge is 0.490 e. The number of imidazole rings is 1. The van der Waals surface area contributed by atoms with Crippen LogP contribution in [0.3, 0.4) is 0 Å². The van der Waals surface area contributed by atoms with Crippen molar-refractivity contribution in [3.05, 3.63) is 89.5 Å². The van der Waals surface area contributed by atoms with E-state index < -0.39 is 6.10 Å². The fraction of sp³-hybridized carbons (Fsp3) is 0.286. The van der Waals surface area contributed by atoms with E-state index in [9.17, 15) is 14.3 Å². The molecule has 1 aliphatic heterocycles. The van der Waals surface area contributed by atoms with Gasteiger partial charge >= 0.3 is 0 Å². The van der Waals surface area contributed by atoms with Gasteiger partial charge in [-0.2, -0.15) is 0 Å². The molecule has 1 aromatic heterocycles. The number of aliphatic hydroxyl groups excluding tert-OH is 1. The number of aromatic nitrogens is 2. The van der Waals surface area contributed by atoms with Gasteiger partial charge in [-0.15, -0.1) is 0 Å². The number of benzene rings is 3. The molecule has 0 spiro atoms. The summed E-state index contributed by atoms with van der Waals surface area (Å²) in [5, 5.41) is 10.9. The van der Waals surface area contributed by atoms with E-state index in [-0.39, 0.29) is 24.2 Å². The molecule has 6 nitrogen and oxygen atoms in total. The molecule has 0 radical (unpaired) electrons. The molecule has 2 heterocycles. The molecule has 0 bridgehead atoms. The summed E-state index contributed by atoms with van der Waals surface area (Å²) in [5.41, 5.74) is 4.44. The number of amides is 1. The second kappa shape index (κ2) is 9.50. The lowest BCUT2D eigenvalue weighted by Gasteiger charge is -2.20. The normalized spacial score (nSPS) is 16.7. The molecule has 180 valence electrons. The van der Waals surface area contributed by atoms with Crippen molar-refractivity contribution in [3.8, 4) is 5.75 Å². The molecule has 1 aliphatic rings. The van der Waals surface area contributed by atoms with Crippen LogP contribution in [0.4, 0.5) is 10.1 Å². The number of hydrogen-bond acceptors (Lipinski definition) is 4. The number of halogens is 1. The Bertz CT molecular complexity index is 1350. The highest BCUT2D eigenvalue weighted by molar-refractivity contribution is 5.96. The van der Waals surface area contributed by atoms with Crippen LogP contribution in [-0.4, -0.2) is 39.8 Å². The molecule has 0 aliphatic carbocycles. The molecule has 4 aromatic rings. The zero-order valence-electron chi connectivity index (χ0n) is 19.8. The molecule has 35 heavy (non-hydrogen) atoms. The minimum absolute atomic E-state index is 0.0286. The van der Waals surface area contributed by atoms with E-state index in [1.54, 1.807) is 17.0 Å². The number of para-hydroxylation sites is 3. The number of ether oxygens (including phenoxy) is 1. The molecule has 7 heteroatoms. The summed E-state index contributed by atoms with van der Waals surface area (Å²) >= 11 is 0. The van der Waals surface area contributed by atoms with Crippen LogP contribution in [0.2, 0.25) is 0 Å². The van der Waals surface area contributed by atoms with Crippen LogP contribution < -0.4 is 9.64 Å². The van der Waals surface area contributed by atoms with Crippen molar-refractivity contribution >= 4 is 22.6 Å². The van der Waals surface area contributed by atoms with Crippen molar-refractivity contribution < 1.29 is 19.0 Å². The van der Waals surface area contributed by atoms with Gasteiger partial charge < -0.3 is 19.3 Å². The van der Waals surface area contributed by atoms with Gasteiger partial charge in [0.15, 0.2) is 0 Å². The topological polar surface area (TPSA) is 67.6 Å². The Balaban J connectivity index is 1.39. The van der Waals surface area contributed by atoms with Crippen molar-refractivity contribution in [2.75, 3.05) is 18.1 Å². The maximum atomic E-state index is 13.4. The Morgan fingerprint density at radius 2 is 1.77 bits per heavy atom. The molecular weight excluding hydrogens is 445 g/mol. The number of anilines is 1. The molecule has 0 saturated carbocycles. The first-order valence-corrected chi connectivity index (χ1v) is 11.8. The highest BCUT2D eigenvalue weighted by Crippen LogP contribution is 2.33. The van der Waals surface area contributed by atoms with Crippen molar-refractivity contribution in [2.24, 2.45) is 0 Å². The number of hydrogen-bond donors (Lipinski definition) is 1. The maximum absolute atomic E-state index is 13.4. The third-order valence-corrected chi connectivity index (χ3v) is 6.53. The van der Waals surface area contributed by atoms with Crippen LogP contribution in [0.5, 0.6) is 5.75 Å². The van der Waals surface area contributed by atoms with Gasteiger partial charge in [0, 0.05) is 24.6 Å². The van der Waals surface area contributed by atoms with Gasteiger partial charge in [-0.3, -0.25) is 4.79 Å². The standard InChI is InChI=1S/C28H28FN3O3/c1-18-6-5-7-19(2)27(18)35-17-23(33)16-32-25-9-4-3-8-24(25)30-28(32)20-14-26(34)31(15-20)22-12-10-21(29)11-13-22/h3-13,20,23,33H,14-17H2,1-2H3/t20-,23+/m1/s1. The van der Waals surface area contributed by atoms with E-state index in [2.05, 4.69) is 0 Å². The monoisotopic (exact) mass is 473 g/mol. The number of carbonyl (C=O) groups is 1. The highest BCUT2D eigenvalue weighted by atomic mass is 19.1. The molecular formula is C28H28FN3O3. The molecule has 0 unspecified atom stereocenters. The summed E-state index contributed by atoms with van der Waals surface area (Å²) in [6.45, 7) is 4.86. The van der Waals surface area contributed by atoms with Gasteiger partial charge in [-0.05, 0) is 61.4 Å². The predicted molar refractivity (Wildman–Crippen MR) is 133 cm³/mol. The van der Waals surface area contributed by atoms with Gasteiger partial charge in [0.2, 0.25) is 5.91 Å². The van der Waals surface area contributed by atoms with Crippen LogP contribution >= 0.6 is 0 Å². The Kier molecular flexibility index (Phi) is 6.26. The Morgan fingerprint density at radius 3 is 2.51 bits per heavy atom. The van der Waals surface area contributed by atoms with Crippen molar-refractivity contribution in [2.45, 2.75) is 38.8 Å². The SMILES string of the molecule is Cc1cccc(C)c1OC[C@@H](O)Cn1c([C@@H]2CC(=O)N(c3ccc(F)cc3)C2)nc2ccccc21. The number of aryl methyl sites for hydroxylation is 2. The van der Waals surface area contributed by atoms with Gasteiger partial charge in [0.25, 0.3) is 0 Å². The summed E-state index contributed by atoms with van der Waals surface area (Å²) in [4.78, 5) is 19.4. The third kappa shape index (κ3) is 4.64. The number of rotatable bonds is 7. The second-order valence-electron chi connectivity index (χ2n) is 9.14. The van der Waals surface area contributed by atoms with Crippen LogP contribution in [0.15, 0.2) is 66.7 Å². The van der Waals surface area contributed by atoms with Gasteiger partial charge in [-0.1, -0.05) is 30.3 Å². The quantitative estimate of drug-likeness (QED) is 0.421. The first-order valence-electron chi connectivity index (χ1n) is 11.8. The zero-order chi connectivity index (χ0) is 24.5. The smallest absolute Gasteiger partial charge is 0.227 e. The van der Waals surface area contributed by atoms with Gasteiger partial charge in [0.1, 0.15) is 30.1 Å². The molecule has 1 fully saturated rings. The average molecular weight is 474 g/mol. The highest BCUT2D eigenvalue weighted by Gasteiger charge is 2.35. The summed E-state index contributed by atoms with van der Waals surface area (Å²) < 4.78 is 21.4. The van der Waals surface area contributed by atoms with Crippen LogP contribution in [0.25, 0.3) is 11.0 Å². The fourth-order valence-corrected chi connectivity index (χ4v) is 4.82. The van der Waals surface area contributed by atoms with Gasteiger partial charge in [0.05, 0.1) is 17.6 Å². The lowest BCUT2D eigenvalue weighted by molar-refractivity contribution is -0.117. The van der Waals surface area contributed by atoms with Crippen molar-refractivity contribution in [3.63, 3.8) is 0 Å². The van der Waals surface area contributed by atoms with E-state index in [1.807, 2.05) is 60.9 Å². The lowest BCUT2D eigenvalue weighted by Crippen LogP contribution is -2.26. The first-order chi connectivity index (χ1) is 16.9. The van der Waals surface area contributed by atoms with E-state index in [1.165, 1.54) is 12.1 Å². The molecule has 5 rings (SSSR count). The number of fused-ring (bicyclic) bond motifs is 1. The Morgan fingerprint density at radius 1 is 1.06 bits per heavy atom. The van der Waals surface area contributed by atoms with E-state index >= 15 is 0 Å². The second-order valence-corrected chi connectivity index (χ2v) is 9.14. The molecule has 1 amide bonds. The fourth-order valence-electron chi connectivity index (χ4n) is 4.82. The van der Waals surface area contributed by atoms with E-state index in [4.69, 9.17) is 9.72 Å². The molecule has 1 saturated heterocycles. The van der Waals surface area contributed by atoms with E-state index in [0.717, 1.165) is 33.7 Å². The van der Waals surface area contributed by atoms with Crippen LogP contribution in [-0.2, 0) is 11.3 Å². The maximum Gasteiger partial charge on any atom is 0.227 e. The molecule has 1 N–H and O–H groups in total. The zero-order valence-corrected chi connectivity index (χ0v) is 19.8. The third-order valence-electron chi connectivity index (χ3n) is 6.53. The number of nitrogens with zero attached hydrogens (tertiary/aromatic N) is 3. The van der Waals surface area contributed by atoms with Crippen molar-refractivity contribution in [1.29, 1.82) is 0 Å². The molecule has 3 aromatic carbocycles. The number of aliphatic hydroxyl groups is 1. The Labute approximate surface area is 203 Å². The van der Waals surface area contributed by atoms with Crippen LogP contribution in [0, 0.1) is 19.7 Å². The predicted octanol–water partition coefficient (Wildman–Crippen LogP) is 4.75. The summed E-state index contributed by atoms with van der Waals surface area (Å²) in [6.07, 6.45) is -0.467. The Hall–Kier alpha value is -3.71. The molecule has 2 atom stereocenters. The lowest BCUT2D eigenvalue weighted by atomic mass is 10.1. The van der Waals surface area contributed by atoms with Crippen LogP contribution in [0.1, 0.15) is 29.3 Å². The number of carbonyl (C=O) groups excluding carboxylic acids is 1. The summed E-state index contributed by atoms with van der Waals surface area (Å²) in [7, 11) is 0.